The van der Waals surface area contributed by atoms with E-state index < -0.39 is 6.10 Å². The van der Waals surface area contributed by atoms with Gasteiger partial charge < -0.3 is 14.2 Å². The fourth-order valence-electron chi connectivity index (χ4n) is 7.36. The SMILES string of the molecule is CCCCCC/C=C\C/C=C\CCCCCCCC(=O)OC(COC(=O)CCCCCCCCC)COC(=O)CCCCCCCCCCCCCCCCCCC. The van der Waals surface area contributed by atoms with Crippen LogP contribution in [0.25, 0.3) is 0 Å². The molecule has 0 aliphatic carbocycles. The summed E-state index contributed by atoms with van der Waals surface area (Å²) in [5.41, 5.74) is 0. The Morgan fingerprint density at radius 1 is 0.345 bits per heavy atom. The number of unbranched alkanes of at least 4 members (excludes halogenated alkanes) is 31. The number of hydrogen-bond donors (Lipinski definition) is 0. The van der Waals surface area contributed by atoms with Crippen molar-refractivity contribution in [3.63, 3.8) is 0 Å². The second-order valence-electron chi connectivity index (χ2n) is 17.1. The van der Waals surface area contributed by atoms with E-state index in [4.69, 9.17) is 14.2 Å². The van der Waals surface area contributed by atoms with Gasteiger partial charge in [-0.1, -0.05) is 225 Å². The van der Waals surface area contributed by atoms with Gasteiger partial charge >= 0.3 is 17.9 Å². The highest BCUT2D eigenvalue weighted by Gasteiger charge is 2.19. The average Bonchev–Trinajstić information content (AvgIpc) is 3.22. The molecule has 1 unspecified atom stereocenters. The van der Waals surface area contributed by atoms with Crippen molar-refractivity contribution in [3.8, 4) is 0 Å². The van der Waals surface area contributed by atoms with E-state index in [1.54, 1.807) is 0 Å². The van der Waals surface area contributed by atoms with E-state index >= 15 is 0 Å². The lowest BCUT2D eigenvalue weighted by atomic mass is 10.0. The molecule has 1 atom stereocenters. The standard InChI is InChI=1S/C52H96O6/c1-4-7-10-13-16-18-20-22-24-26-28-29-31-33-36-39-42-45-51(54)57-48-49(47-56-50(53)44-41-38-35-15-12-9-6-3)58-52(55)46-43-40-37-34-32-30-27-25-23-21-19-17-14-11-8-5-2/h19,21,25,27,49H,4-18,20,22-24,26,28-48H2,1-3H3/b21-19-,27-25-. The van der Waals surface area contributed by atoms with Crippen molar-refractivity contribution in [3.05, 3.63) is 24.3 Å². The summed E-state index contributed by atoms with van der Waals surface area (Å²) in [5.74, 6) is -0.882. The van der Waals surface area contributed by atoms with E-state index in [0.717, 1.165) is 77.0 Å². The highest BCUT2D eigenvalue weighted by Crippen LogP contribution is 2.16. The van der Waals surface area contributed by atoms with Crippen LogP contribution in [0.15, 0.2) is 24.3 Å². The van der Waals surface area contributed by atoms with Gasteiger partial charge in [0, 0.05) is 19.3 Å². The van der Waals surface area contributed by atoms with E-state index in [0.29, 0.717) is 19.3 Å². The molecule has 0 aliphatic heterocycles. The van der Waals surface area contributed by atoms with Gasteiger partial charge in [0.1, 0.15) is 13.2 Å². The van der Waals surface area contributed by atoms with Gasteiger partial charge in [-0.15, -0.1) is 0 Å². The molecule has 0 aliphatic rings. The van der Waals surface area contributed by atoms with Gasteiger partial charge in [0.2, 0.25) is 0 Å². The van der Waals surface area contributed by atoms with Crippen LogP contribution in [0, 0.1) is 0 Å². The fraction of sp³-hybridized carbons (Fsp3) is 0.865. The first-order valence-corrected chi connectivity index (χ1v) is 25.3. The smallest absolute Gasteiger partial charge is 0.306 e. The third-order valence-electron chi connectivity index (χ3n) is 11.2. The zero-order chi connectivity index (χ0) is 42.3. The van der Waals surface area contributed by atoms with Crippen LogP contribution < -0.4 is 0 Å². The zero-order valence-corrected chi connectivity index (χ0v) is 38.8. The van der Waals surface area contributed by atoms with Crippen LogP contribution in [0.1, 0.15) is 271 Å². The van der Waals surface area contributed by atoms with Crippen molar-refractivity contribution >= 4 is 17.9 Å². The highest BCUT2D eigenvalue weighted by atomic mass is 16.6. The van der Waals surface area contributed by atoms with Crippen LogP contribution in [0.2, 0.25) is 0 Å². The largest absolute Gasteiger partial charge is 0.462 e. The van der Waals surface area contributed by atoms with Crippen molar-refractivity contribution in [2.45, 2.75) is 277 Å². The summed E-state index contributed by atoms with van der Waals surface area (Å²) in [4.78, 5) is 37.7. The van der Waals surface area contributed by atoms with E-state index in [1.807, 2.05) is 0 Å². The predicted octanol–water partition coefficient (Wildman–Crippen LogP) is 16.4. The van der Waals surface area contributed by atoms with Crippen molar-refractivity contribution in [2.24, 2.45) is 0 Å². The minimum Gasteiger partial charge on any atom is -0.462 e. The molecule has 0 spiro atoms. The van der Waals surface area contributed by atoms with Gasteiger partial charge in [-0.2, -0.15) is 0 Å². The van der Waals surface area contributed by atoms with Gasteiger partial charge in [0.25, 0.3) is 0 Å². The molecule has 0 rings (SSSR count). The first-order chi connectivity index (χ1) is 28.5. The first-order valence-electron chi connectivity index (χ1n) is 25.3. The monoisotopic (exact) mass is 817 g/mol. The normalized spacial score (nSPS) is 12.1. The molecular weight excluding hydrogens is 721 g/mol. The second kappa shape index (κ2) is 47.6. The lowest BCUT2D eigenvalue weighted by molar-refractivity contribution is -0.167. The molecule has 0 saturated heterocycles. The van der Waals surface area contributed by atoms with Crippen molar-refractivity contribution in [2.75, 3.05) is 13.2 Å². The minimum absolute atomic E-state index is 0.0729. The maximum atomic E-state index is 12.7. The molecule has 0 radical (unpaired) electrons. The Labute approximate surface area is 360 Å². The average molecular weight is 817 g/mol. The summed E-state index contributed by atoms with van der Waals surface area (Å²) in [7, 11) is 0. The third kappa shape index (κ3) is 45.0. The number of carbonyl (C=O) groups is 3. The molecule has 0 heterocycles. The minimum atomic E-state index is -0.771. The molecule has 0 N–H and O–H groups in total. The molecular formula is C52H96O6. The van der Waals surface area contributed by atoms with E-state index in [9.17, 15) is 14.4 Å². The molecule has 0 aromatic heterocycles. The van der Waals surface area contributed by atoms with Crippen LogP contribution in [-0.2, 0) is 28.6 Å². The Balaban J connectivity index is 4.25. The number of allylic oxidation sites excluding steroid dienone is 4. The van der Waals surface area contributed by atoms with Crippen molar-refractivity contribution in [1.82, 2.24) is 0 Å². The molecule has 6 heteroatoms. The molecule has 58 heavy (non-hydrogen) atoms. The summed E-state index contributed by atoms with van der Waals surface area (Å²) < 4.78 is 16.7. The summed E-state index contributed by atoms with van der Waals surface area (Å²) in [5, 5.41) is 0. The molecule has 0 fully saturated rings. The quantitative estimate of drug-likeness (QED) is 0.0263. The molecule has 0 aromatic carbocycles. The first kappa shape index (κ1) is 55.9. The molecule has 0 saturated carbocycles. The van der Waals surface area contributed by atoms with Crippen LogP contribution in [-0.4, -0.2) is 37.2 Å². The lowest BCUT2D eigenvalue weighted by Gasteiger charge is -2.18. The number of esters is 3. The van der Waals surface area contributed by atoms with Gasteiger partial charge in [-0.25, -0.2) is 0 Å². The Bertz CT molecular complexity index is 942. The van der Waals surface area contributed by atoms with E-state index in [-0.39, 0.29) is 31.1 Å². The van der Waals surface area contributed by atoms with Gasteiger partial charge in [-0.3, -0.25) is 14.4 Å². The molecule has 340 valence electrons. The molecule has 0 amide bonds. The maximum Gasteiger partial charge on any atom is 0.306 e. The zero-order valence-electron chi connectivity index (χ0n) is 38.8. The summed E-state index contributed by atoms with van der Waals surface area (Å²) >= 11 is 0. The van der Waals surface area contributed by atoms with Crippen LogP contribution >= 0.6 is 0 Å². The lowest BCUT2D eigenvalue weighted by Crippen LogP contribution is -2.30. The van der Waals surface area contributed by atoms with Gasteiger partial charge in [0.15, 0.2) is 6.10 Å². The number of rotatable bonds is 46. The van der Waals surface area contributed by atoms with Crippen LogP contribution in [0.5, 0.6) is 0 Å². The van der Waals surface area contributed by atoms with Crippen LogP contribution in [0.4, 0.5) is 0 Å². The third-order valence-corrected chi connectivity index (χ3v) is 11.2. The molecule has 0 aromatic rings. The fourth-order valence-corrected chi connectivity index (χ4v) is 7.36. The Morgan fingerprint density at radius 3 is 0.966 bits per heavy atom. The second-order valence-corrected chi connectivity index (χ2v) is 17.1. The topological polar surface area (TPSA) is 78.9 Å². The molecule has 6 nitrogen and oxygen atoms in total. The Morgan fingerprint density at radius 2 is 0.621 bits per heavy atom. The Kier molecular flexibility index (Phi) is 45.8. The Hall–Kier alpha value is -2.11. The number of hydrogen-bond acceptors (Lipinski definition) is 6. The number of carbonyl (C=O) groups excluding carboxylic acids is 3. The van der Waals surface area contributed by atoms with E-state index in [2.05, 4.69) is 45.1 Å². The maximum absolute atomic E-state index is 12.7. The predicted molar refractivity (Wildman–Crippen MR) is 247 cm³/mol. The summed E-state index contributed by atoms with van der Waals surface area (Å²) in [6, 6.07) is 0. The van der Waals surface area contributed by atoms with Gasteiger partial charge in [0.05, 0.1) is 0 Å². The summed E-state index contributed by atoms with van der Waals surface area (Å²) in [6.45, 7) is 6.59. The van der Waals surface area contributed by atoms with E-state index in [1.165, 1.54) is 154 Å². The van der Waals surface area contributed by atoms with Crippen molar-refractivity contribution < 1.29 is 28.6 Å². The summed E-state index contributed by atoms with van der Waals surface area (Å²) in [6.07, 6.45) is 53.2. The van der Waals surface area contributed by atoms with Crippen molar-refractivity contribution in [1.29, 1.82) is 0 Å². The highest BCUT2D eigenvalue weighted by molar-refractivity contribution is 5.71. The molecule has 0 bridgehead atoms. The van der Waals surface area contributed by atoms with Gasteiger partial charge in [-0.05, 0) is 51.4 Å². The number of ether oxygens (including phenoxy) is 3. The van der Waals surface area contributed by atoms with Crippen LogP contribution in [0.3, 0.4) is 0 Å².